The summed E-state index contributed by atoms with van der Waals surface area (Å²) in [7, 11) is 1.71. The van der Waals surface area contributed by atoms with Crippen LogP contribution in [0.25, 0.3) is 22.7 Å². The Bertz CT molecular complexity index is 957. The minimum absolute atomic E-state index is 0.333. The molecule has 4 atom stereocenters. The van der Waals surface area contributed by atoms with E-state index in [4.69, 9.17) is 4.74 Å². The van der Waals surface area contributed by atoms with Crippen molar-refractivity contribution in [3.05, 3.63) is 12.5 Å². The molecule has 3 aromatic heterocycles. The van der Waals surface area contributed by atoms with Crippen molar-refractivity contribution < 1.29 is 20.1 Å². The van der Waals surface area contributed by atoms with Crippen LogP contribution < -0.4 is 5.32 Å². The van der Waals surface area contributed by atoms with E-state index in [9.17, 15) is 15.3 Å². The first-order chi connectivity index (χ1) is 13.1. The van der Waals surface area contributed by atoms with E-state index < -0.39 is 31.1 Å². The molecule has 0 saturated carbocycles. The number of anilines is 1. The number of aromatic nitrogens is 7. The maximum absolute atomic E-state index is 10.3. The zero-order chi connectivity index (χ0) is 19.1. The average Bonchev–Trinajstić information content (AvgIpc) is 3.39. The Hall–Kier alpha value is -2.67. The molecule has 4 heterocycles. The summed E-state index contributed by atoms with van der Waals surface area (Å²) < 4.78 is 8.76. The highest BCUT2D eigenvalue weighted by molar-refractivity contribution is 5.84. The number of nitrogens with one attached hydrogen (secondary N) is 1. The molecule has 1 aliphatic heterocycles. The summed E-state index contributed by atoms with van der Waals surface area (Å²) in [5.41, 5.74) is 1.36. The molecule has 1 saturated heterocycles. The first-order valence-corrected chi connectivity index (χ1v) is 8.52. The number of fused-ring (bicyclic) bond motifs is 1. The van der Waals surface area contributed by atoms with Crippen LogP contribution in [0.4, 0.5) is 5.82 Å². The van der Waals surface area contributed by atoms with Crippen molar-refractivity contribution in [3.63, 3.8) is 0 Å². The maximum Gasteiger partial charge on any atom is 0.185 e. The SMILES string of the molecule is CCn1cc(-c2nc(NC)c3ncn([C@@H]4O[C@H](CO)[C@@H](O)[C@H]4O)c3n2)nn1. The molecule has 0 aromatic carbocycles. The molecule has 0 aliphatic carbocycles. The lowest BCUT2D eigenvalue weighted by atomic mass is 10.1. The lowest BCUT2D eigenvalue weighted by Gasteiger charge is -2.16. The van der Waals surface area contributed by atoms with E-state index in [0.717, 1.165) is 0 Å². The minimum atomic E-state index is -1.24. The van der Waals surface area contributed by atoms with Gasteiger partial charge in [-0.1, -0.05) is 5.21 Å². The number of imidazole rings is 1. The van der Waals surface area contributed by atoms with Crippen LogP contribution in [-0.4, -0.2) is 81.8 Å². The number of hydrogen-bond acceptors (Lipinski definition) is 10. The number of hydrogen-bond donors (Lipinski definition) is 4. The van der Waals surface area contributed by atoms with Gasteiger partial charge >= 0.3 is 0 Å². The Kier molecular flexibility index (Phi) is 4.47. The maximum atomic E-state index is 10.3. The summed E-state index contributed by atoms with van der Waals surface area (Å²) in [6, 6.07) is 0. The molecule has 0 spiro atoms. The molecule has 4 rings (SSSR count). The number of rotatable bonds is 5. The lowest BCUT2D eigenvalue weighted by Crippen LogP contribution is -2.33. The number of aliphatic hydroxyl groups is 3. The predicted octanol–water partition coefficient (Wildman–Crippen LogP) is -1.24. The van der Waals surface area contributed by atoms with Crippen LogP contribution in [0, 0.1) is 0 Å². The molecule has 0 radical (unpaired) electrons. The largest absolute Gasteiger partial charge is 0.394 e. The molecule has 0 bridgehead atoms. The van der Waals surface area contributed by atoms with Crippen molar-refractivity contribution >= 4 is 17.0 Å². The average molecular weight is 376 g/mol. The summed E-state index contributed by atoms with van der Waals surface area (Å²) >= 11 is 0. The molecule has 12 nitrogen and oxygen atoms in total. The molecule has 27 heavy (non-hydrogen) atoms. The van der Waals surface area contributed by atoms with E-state index in [0.29, 0.717) is 35.0 Å². The molecule has 1 aliphatic rings. The van der Waals surface area contributed by atoms with Crippen molar-refractivity contribution in [2.24, 2.45) is 0 Å². The van der Waals surface area contributed by atoms with E-state index in [1.54, 1.807) is 17.9 Å². The summed E-state index contributed by atoms with van der Waals surface area (Å²) in [5, 5.41) is 40.7. The summed E-state index contributed by atoms with van der Waals surface area (Å²) in [5.74, 6) is 0.812. The zero-order valence-electron chi connectivity index (χ0n) is 14.8. The van der Waals surface area contributed by atoms with Crippen LogP contribution in [0.1, 0.15) is 13.2 Å². The van der Waals surface area contributed by atoms with E-state index >= 15 is 0 Å². The van der Waals surface area contributed by atoms with Gasteiger partial charge in [-0.15, -0.1) is 5.10 Å². The standard InChI is InChI=1S/C15H20N8O4/c1-3-22-4-7(20-21-22)12-18-13(16-2)9-14(19-12)23(6-17-9)15-11(26)10(25)8(5-24)27-15/h4,6,8,10-11,15,24-26H,3,5H2,1-2H3,(H,16,18,19)/t8-,10-,11-,15-/m1/s1. The smallest absolute Gasteiger partial charge is 0.185 e. The highest BCUT2D eigenvalue weighted by Crippen LogP contribution is 2.33. The van der Waals surface area contributed by atoms with Gasteiger partial charge in [-0.05, 0) is 6.92 Å². The van der Waals surface area contributed by atoms with Crippen LogP contribution in [0.5, 0.6) is 0 Å². The fourth-order valence-electron chi connectivity index (χ4n) is 3.06. The first-order valence-electron chi connectivity index (χ1n) is 8.52. The van der Waals surface area contributed by atoms with Crippen LogP contribution in [0.3, 0.4) is 0 Å². The van der Waals surface area contributed by atoms with Crippen LogP contribution >= 0.6 is 0 Å². The van der Waals surface area contributed by atoms with Gasteiger partial charge in [-0.25, -0.2) is 15.0 Å². The predicted molar refractivity (Wildman–Crippen MR) is 92.6 cm³/mol. The molecular weight excluding hydrogens is 356 g/mol. The Morgan fingerprint density at radius 1 is 1.26 bits per heavy atom. The van der Waals surface area contributed by atoms with Gasteiger partial charge in [0.15, 0.2) is 29.0 Å². The van der Waals surface area contributed by atoms with Gasteiger partial charge in [0.2, 0.25) is 0 Å². The number of aryl methyl sites for hydroxylation is 1. The second kappa shape index (κ2) is 6.81. The van der Waals surface area contributed by atoms with Crippen molar-refractivity contribution in [1.29, 1.82) is 0 Å². The number of aliphatic hydroxyl groups excluding tert-OH is 3. The molecule has 12 heteroatoms. The summed E-state index contributed by atoms with van der Waals surface area (Å²) in [4.78, 5) is 13.3. The van der Waals surface area contributed by atoms with E-state index in [1.165, 1.54) is 10.9 Å². The lowest BCUT2D eigenvalue weighted by molar-refractivity contribution is -0.0511. The van der Waals surface area contributed by atoms with Gasteiger partial charge in [-0.3, -0.25) is 9.25 Å². The molecular formula is C15H20N8O4. The van der Waals surface area contributed by atoms with Crippen molar-refractivity contribution in [2.75, 3.05) is 19.0 Å². The van der Waals surface area contributed by atoms with Gasteiger partial charge < -0.3 is 25.4 Å². The molecule has 4 N–H and O–H groups in total. The van der Waals surface area contributed by atoms with Crippen molar-refractivity contribution in [1.82, 2.24) is 34.5 Å². The second-order valence-electron chi connectivity index (χ2n) is 6.16. The van der Waals surface area contributed by atoms with Crippen molar-refractivity contribution in [2.45, 2.75) is 38.0 Å². The monoisotopic (exact) mass is 376 g/mol. The van der Waals surface area contributed by atoms with Gasteiger partial charge in [-0.2, -0.15) is 0 Å². The Labute approximate surface area is 153 Å². The highest BCUT2D eigenvalue weighted by Gasteiger charge is 2.44. The number of ether oxygens (including phenoxy) is 1. The third kappa shape index (κ3) is 2.82. The Balaban J connectivity index is 1.82. The second-order valence-corrected chi connectivity index (χ2v) is 6.16. The van der Waals surface area contributed by atoms with Gasteiger partial charge in [0.25, 0.3) is 0 Å². The molecule has 1 fully saturated rings. The van der Waals surface area contributed by atoms with Crippen LogP contribution in [-0.2, 0) is 11.3 Å². The third-order valence-corrected chi connectivity index (χ3v) is 4.54. The minimum Gasteiger partial charge on any atom is -0.394 e. The quantitative estimate of drug-likeness (QED) is 0.424. The summed E-state index contributed by atoms with van der Waals surface area (Å²) in [6.07, 6.45) is -1.11. The van der Waals surface area contributed by atoms with Crippen LogP contribution in [0.2, 0.25) is 0 Å². The fraction of sp³-hybridized carbons (Fsp3) is 0.533. The van der Waals surface area contributed by atoms with E-state index in [-0.39, 0.29) is 0 Å². The van der Waals surface area contributed by atoms with E-state index in [2.05, 4.69) is 30.6 Å². The van der Waals surface area contributed by atoms with Crippen molar-refractivity contribution in [3.8, 4) is 11.5 Å². The third-order valence-electron chi connectivity index (χ3n) is 4.54. The molecule has 144 valence electrons. The molecule has 0 amide bonds. The van der Waals surface area contributed by atoms with Gasteiger partial charge in [0.05, 0.1) is 19.1 Å². The number of nitrogens with zero attached hydrogens (tertiary/aromatic N) is 7. The topological polar surface area (TPSA) is 156 Å². The highest BCUT2D eigenvalue weighted by atomic mass is 16.6. The van der Waals surface area contributed by atoms with Crippen LogP contribution in [0.15, 0.2) is 12.5 Å². The van der Waals surface area contributed by atoms with Gasteiger partial charge in [0.1, 0.15) is 24.0 Å². The Morgan fingerprint density at radius 3 is 2.70 bits per heavy atom. The Morgan fingerprint density at radius 2 is 2.07 bits per heavy atom. The summed E-state index contributed by atoms with van der Waals surface area (Å²) in [6.45, 7) is 2.19. The molecule has 0 unspecified atom stereocenters. The van der Waals surface area contributed by atoms with Gasteiger partial charge in [0, 0.05) is 13.6 Å². The first kappa shape index (κ1) is 17.7. The zero-order valence-corrected chi connectivity index (χ0v) is 14.8. The van der Waals surface area contributed by atoms with E-state index in [1.807, 2.05) is 6.92 Å². The normalized spacial score (nSPS) is 25.4. The fourth-order valence-corrected chi connectivity index (χ4v) is 3.06. The molecule has 3 aromatic rings.